The van der Waals surface area contributed by atoms with Crippen molar-refractivity contribution in [1.29, 1.82) is 0 Å². The number of benzene rings is 1. The first-order chi connectivity index (χ1) is 44.6. The lowest BCUT2D eigenvalue weighted by atomic mass is 9.95. The zero-order chi connectivity index (χ0) is 74.5. The van der Waals surface area contributed by atoms with Crippen LogP contribution in [0.5, 0.6) is 0 Å². The van der Waals surface area contributed by atoms with Gasteiger partial charge in [-0.1, -0.05) is 79.5 Å². The van der Waals surface area contributed by atoms with E-state index in [0.29, 0.717) is 12.8 Å². The molecule has 97 heavy (non-hydrogen) atoms. The molecule has 8 atom stereocenters. The lowest BCUT2D eigenvalue weighted by Crippen LogP contribution is -2.63. The summed E-state index contributed by atoms with van der Waals surface area (Å²) in [5.41, 5.74) is -3.53. The molecule has 0 unspecified atom stereocenters. The average Bonchev–Trinajstić information content (AvgIpc) is 0.824. The molecule has 0 saturated carbocycles. The van der Waals surface area contributed by atoms with Crippen LogP contribution in [0.25, 0.3) is 0 Å². The number of likely N-dealkylation sites (N-methyl/N-ethyl adjacent to an activating group) is 7. The monoisotopic (exact) mass is 1400 g/mol. The third kappa shape index (κ3) is 27.6. The summed E-state index contributed by atoms with van der Waals surface area (Å²) in [6.45, 7) is 20.7. The van der Waals surface area contributed by atoms with Crippen LogP contribution in [0.2, 0.25) is 5.02 Å². The third-order valence-corrected chi connectivity index (χ3v) is 17.0. The van der Waals surface area contributed by atoms with E-state index < -0.39 is 180 Å². The van der Waals surface area contributed by atoms with Gasteiger partial charge in [0, 0.05) is 73.9 Å². The van der Waals surface area contributed by atoms with E-state index in [2.05, 4.69) is 26.6 Å². The predicted octanol–water partition coefficient (Wildman–Crippen LogP) is 3.88. The maximum Gasteiger partial charge on any atom is 0.417 e. The van der Waals surface area contributed by atoms with Crippen molar-refractivity contribution in [2.45, 2.75) is 201 Å². The number of rotatable bonds is 18. The standard InChI is InChI=1S/C67H110ClF3N12O14/c1-22-42(8)57-63(94)79(17)34-55(87)77(15)35-56(88)81(19)51(37-96-28-27-39(2)3)62(93)78(16)33-52(84)73-47(26-24-44-23-25-45(46(68)32-44)67(69,70)71)61(92)82(20)50(36-97-38-53(85)75-65(10,11)12)60(91)76-66(13,14)64(95)83(21)49(30-41(6)7)58(89)72-43(9)31-54(86)80(18)48(29-40(4)5)59(90)74-57/h23,25,32,39-43,47-51,57H,22,24,26-31,33-38H2,1-21H3,(H,72,89)(H,73,84)(H,74,90)(H,75,85)(H,76,91)/t42-,43+,47-,48-,49-,50-,51-,57-/m0/s1. The molecule has 0 spiro atoms. The number of ether oxygens (including phenoxy) is 2. The van der Waals surface area contributed by atoms with E-state index in [-0.39, 0.29) is 68.6 Å². The second-order valence-electron chi connectivity index (χ2n) is 28.5. The number of halogens is 4. The average molecular weight is 1400 g/mol. The lowest BCUT2D eigenvalue weighted by molar-refractivity contribution is -0.150. The van der Waals surface area contributed by atoms with Gasteiger partial charge >= 0.3 is 6.18 Å². The normalized spacial score (nSPS) is 23.1. The van der Waals surface area contributed by atoms with Crippen LogP contribution in [0.1, 0.15) is 147 Å². The molecule has 26 nitrogen and oxygen atoms in total. The number of nitrogens with zero attached hydrogens (tertiary/aromatic N) is 7. The smallest absolute Gasteiger partial charge is 0.379 e. The highest BCUT2D eigenvalue weighted by Gasteiger charge is 2.43. The quantitative estimate of drug-likeness (QED) is 0.130. The van der Waals surface area contributed by atoms with Gasteiger partial charge in [-0.25, -0.2) is 0 Å². The molecule has 30 heteroatoms. The van der Waals surface area contributed by atoms with Crippen LogP contribution in [0.15, 0.2) is 18.2 Å². The lowest BCUT2D eigenvalue weighted by Gasteiger charge is -2.37. The molecular formula is C67H110ClF3N12O14. The number of hydrogen-bond acceptors (Lipinski definition) is 14. The minimum absolute atomic E-state index is 0.0929. The van der Waals surface area contributed by atoms with Crippen molar-refractivity contribution in [2.75, 3.05) is 95.4 Å². The first kappa shape index (κ1) is 85.9. The fourth-order valence-corrected chi connectivity index (χ4v) is 10.9. The van der Waals surface area contributed by atoms with Gasteiger partial charge in [-0.15, -0.1) is 0 Å². The van der Waals surface area contributed by atoms with Crippen LogP contribution >= 0.6 is 11.6 Å². The van der Waals surface area contributed by atoms with Crippen LogP contribution in [-0.2, 0) is 79.6 Å². The second kappa shape index (κ2) is 38.3. The zero-order valence-corrected chi connectivity index (χ0v) is 61.6. The van der Waals surface area contributed by atoms with Crippen molar-refractivity contribution in [3.8, 4) is 0 Å². The number of alkyl halides is 3. The molecule has 0 aromatic heterocycles. The fraction of sp³-hybridized carbons (Fsp3) is 0.731. The zero-order valence-electron chi connectivity index (χ0n) is 60.8. The van der Waals surface area contributed by atoms with Gasteiger partial charge in [-0.2, -0.15) is 13.2 Å². The third-order valence-electron chi connectivity index (χ3n) is 16.7. The van der Waals surface area contributed by atoms with Crippen molar-refractivity contribution in [1.82, 2.24) is 60.9 Å². The number of aryl methyl sites for hydroxylation is 1. The molecule has 1 fully saturated rings. The highest BCUT2D eigenvalue weighted by atomic mass is 35.5. The molecule has 2 rings (SSSR count). The summed E-state index contributed by atoms with van der Waals surface area (Å²) < 4.78 is 53.2. The van der Waals surface area contributed by atoms with Crippen LogP contribution < -0.4 is 26.6 Å². The van der Waals surface area contributed by atoms with Gasteiger partial charge in [0.15, 0.2) is 0 Å². The van der Waals surface area contributed by atoms with Crippen LogP contribution in [0, 0.1) is 23.7 Å². The summed E-state index contributed by atoms with van der Waals surface area (Å²) in [4.78, 5) is 180. The molecule has 1 saturated heterocycles. The SMILES string of the molecule is CC[C@H](C)[C@@H]1NC(=O)[C@H](CC(C)C)N(C)C(=O)C[C@@H](C)NC(=O)[C@H](CC(C)C)N(C)C(=O)C(C)(C)NC(=O)[C@H](COCC(=O)NC(C)(C)C)N(C)C(=O)[C@H](CCc2ccc(C(F)(F)F)c(Cl)c2)NC(=O)CN(C)C(=O)[C@H](COCCC(C)C)N(C)C(=O)CN(C)C(=O)CN(C)C1=O. The van der Waals surface area contributed by atoms with Gasteiger partial charge in [-0.3, -0.25) is 57.5 Å². The van der Waals surface area contributed by atoms with E-state index in [1.807, 2.05) is 48.5 Å². The summed E-state index contributed by atoms with van der Waals surface area (Å²) >= 11 is 6.10. The van der Waals surface area contributed by atoms with Crippen molar-refractivity contribution in [2.24, 2.45) is 23.7 Å². The second-order valence-corrected chi connectivity index (χ2v) is 28.9. The van der Waals surface area contributed by atoms with Crippen molar-refractivity contribution >= 4 is 82.5 Å². The van der Waals surface area contributed by atoms with E-state index in [4.69, 9.17) is 21.1 Å². The van der Waals surface area contributed by atoms with Gasteiger partial charge < -0.3 is 70.4 Å². The van der Waals surface area contributed by atoms with Crippen molar-refractivity contribution in [3.05, 3.63) is 34.3 Å². The Labute approximate surface area is 576 Å². The van der Waals surface area contributed by atoms with Crippen molar-refractivity contribution in [3.63, 3.8) is 0 Å². The Morgan fingerprint density at radius 1 is 0.649 bits per heavy atom. The molecular weight excluding hydrogens is 1290 g/mol. The number of nitrogens with one attached hydrogen (secondary N) is 5. The van der Waals surface area contributed by atoms with E-state index in [1.165, 1.54) is 68.1 Å². The molecule has 5 N–H and O–H groups in total. The fourth-order valence-electron chi connectivity index (χ4n) is 10.6. The van der Waals surface area contributed by atoms with Gasteiger partial charge in [0.05, 0.1) is 43.4 Å². The maximum absolute atomic E-state index is 15.1. The van der Waals surface area contributed by atoms with Crippen molar-refractivity contribution < 1.29 is 80.2 Å². The predicted molar refractivity (Wildman–Crippen MR) is 360 cm³/mol. The van der Waals surface area contributed by atoms with Gasteiger partial charge in [0.2, 0.25) is 70.9 Å². The van der Waals surface area contributed by atoms with Gasteiger partial charge in [0.25, 0.3) is 0 Å². The van der Waals surface area contributed by atoms with E-state index in [0.717, 1.165) is 47.6 Å². The summed E-state index contributed by atoms with van der Waals surface area (Å²) in [6.07, 6.45) is -4.46. The first-order valence-electron chi connectivity index (χ1n) is 33.0. The summed E-state index contributed by atoms with van der Waals surface area (Å²) in [7, 11) is 9.19. The molecule has 1 aromatic carbocycles. The molecule has 0 bridgehead atoms. The molecule has 12 amide bonds. The summed E-state index contributed by atoms with van der Waals surface area (Å²) in [5.74, 6) is -9.79. The summed E-state index contributed by atoms with van der Waals surface area (Å²) in [6, 6.07) is -6.20. The summed E-state index contributed by atoms with van der Waals surface area (Å²) in [5, 5.41) is 13.0. The maximum atomic E-state index is 15.1. The minimum Gasteiger partial charge on any atom is -0.379 e. The molecule has 1 aliphatic heterocycles. The molecule has 0 aliphatic carbocycles. The molecule has 1 heterocycles. The Bertz CT molecular complexity index is 2910. The van der Waals surface area contributed by atoms with Crippen LogP contribution in [0.3, 0.4) is 0 Å². The largest absolute Gasteiger partial charge is 0.417 e. The Morgan fingerprint density at radius 2 is 1.19 bits per heavy atom. The van der Waals surface area contributed by atoms with E-state index in [1.54, 1.807) is 34.6 Å². The number of carbonyl (C=O) groups is 12. The molecule has 550 valence electrons. The van der Waals surface area contributed by atoms with E-state index in [9.17, 15) is 65.9 Å². The Morgan fingerprint density at radius 3 is 1.72 bits per heavy atom. The highest BCUT2D eigenvalue weighted by Crippen LogP contribution is 2.35. The molecule has 1 aromatic rings. The number of carbonyl (C=O) groups excluding carboxylic acids is 12. The van der Waals surface area contributed by atoms with E-state index >= 15 is 4.79 Å². The Hall–Kier alpha value is -7.14. The number of hydrogen-bond donors (Lipinski definition) is 5. The minimum atomic E-state index is -4.81. The Balaban J connectivity index is 2.96. The van der Waals surface area contributed by atoms with Gasteiger partial charge in [0.1, 0.15) is 48.4 Å². The molecule has 1 aliphatic rings. The van der Waals surface area contributed by atoms with Crippen LogP contribution in [-0.4, -0.2) is 254 Å². The first-order valence-corrected chi connectivity index (χ1v) is 33.4. The topological polar surface area (TPSA) is 306 Å². The molecule has 0 radical (unpaired) electrons. The highest BCUT2D eigenvalue weighted by molar-refractivity contribution is 6.31. The van der Waals surface area contributed by atoms with Gasteiger partial charge in [-0.05, 0) is 115 Å². The number of amides is 12. The van der Waals surface area contributed by atoms with Crippen LogP contribution in [0.4, 0.5) is 13.2 Å². The Kier molecular flexibility index (Phi) is 33.9.